The Bertz CT molecular complexity index is 1600. The summed E-state index contributed by atoms with van der Waals surface area (Å²) in [5, 5.41) is 3.27. The second-order valence-corrected chi connectivity index (χ2v) is 11.9. The van der Waals surface area contributed by atoms with Gasteiger partial charge in [0.15, 0.2) is 0 Å². The van der Waals surface area contributed by atoms with Crippen LogP contribution in [0.25, 0.3) is 16.9 Å². The molecule has 0 aliphatic heterocycles. The van der Waals surface area contributed by atoms with Crippen molar-refractivity contribution in [2.24, 2.45) is 5.92 Å². The fraction of sp³-hybridized carbons (Fsp3) is 0.241. The van der Waals surface area contributed by atoms with E-state index in [1.165, 1.54) is 28.6 Å². The molecule has 11 heteroatoms. The number of nitrogens with one attached hydrogen (secondary N) is 1. The second-order valence-electron chi connectivity index (χ2n) is 9.49. The van der Waals surface area contributed by atoms with Crippen molar-refractivity contribution >= 4 is 33.5 Å². The number of aromatic nitrogens is 2. The molecule has 1 aliphatic carbocycles. The first-order valence-electron chi connectivity index (χ1n) is 12.7. The van der Waals surface area contributed by atoms with E-state index in [0.29, 0.717) is 22.2 Å². The largest absolute Gasteiger partial charge is 0.497 e. The van der Waals surface area contributed by atoms with Crippen LogP contribution in [0.3, 0.4) is 0 Å². The molecular weight excluding hydrogens is 552 g/mol. The second kappa shape index (κ2) is 11.7. The molecule has 9 nitrogen and oxygen atoms in total. The zero-order chi connectivity index (χ0) is 28.3. The maximum absolute atomic E-state index is 13.5. The van der Waals surface area contributed by atoms with Gasteiger partial charge in [-0.05, 0) is 79.4 Å². The van der Waals surface area contributed by atoms with Crippen LogP contribution in [0.15, 0.2) is 83.9 Å². The van der Waals surface area contributed by atoms with E-state index in [2.05, 4.69) is 10.3 Å². The number of sulfonamides is 1. The van der Waals surface area contributed by atoms with E-state index >= 15 is 0 Å². The summed E-state index contributed by atoms with van der Waals surface area (Å²) in [6.07, 6.45) is 3.67. The molecule has 5 rings (SSSR count). The average molecular weight is 581 g/mol. The van der Waals surface area contributed by atoms with Crippen molar-refractivity contribution in [3.63, 3.8) is 0 Å². The maximum Gasteiger partial charge on any atom is 0.243 e. The molecule has 1 N–H and O–H groups in total. The number of rotatable bonds is 11. The summed E-state index contributed by atoms with van der Waals surface area (Å²) in [6.45, 7) is -0.0915. The highest BCUT2D eigenvalue weighted by Crippen LogP contribution is 2.32. The quantitative estimate of drug-likeness (QED) is 0.260. The van der Waals surface area contributed by atoms with Gasteiger partial charge in [0.05, 0.1) is 31.4 Å². The van der Waals surface area contributed by atoms with E-state index in [1.54, 1.807) is 25.0 Å². The minimum absolute atomic E-state index is 0.0883. The predicted molar refractivity (Wildman–Crippen MR) is 154 cm³/mol. The van der Waals surface area contributed by atoms with Gasteiger partial charge in [0, 0.05) is 29.0 Å². The third-order valence-corrected chi connectivity index (χ3v) is 8.68. The van der Waals surface area contributed by atoms with Crippen LogP contribution >= 0.6 is 11.6 Å². The monoisotopic (exact) mass is 580 g/mol. The van der Waals surface area contributed by atoms with Crippen molar-refractivity contribution in [2.45, 2.75) is 17.7 Å². The average Bonchev–Trinajstić information content (AvgIpc) is 3.69. The molecule has 0 atom stereocenters. The van der Waals surface area contributed by atoms with Gasteiger partial charge in [-0.1, -0.05) is 23.7 Å². The zero-order valence-electron chi connectivity index (χ0n) is 22.1. The number of hydrogen-bond acceptors (Lipinski definition) is 6. The predicted octanol–water partition coefficient (Wildman–Crippen LogP) is 5.25. The number of benzene rings is 3. The molecule has 0 unspecified atom stereocenters. The van der Waals surface area contributed by atoms with Gasteiger partial charge in [0.25, 0.3) is 0 Å². The van der Waals surface area contributed by atoms with Crippen LogP contribution in [0, 0.1) is 5.92 Å². The number of hydrogen-bond donors (Lipinski definition) is 1. The molecule has 208 valence electrons. The van der Waals surface area contributed by atoms with Crippen LogP contribution in [0.1, 0.15) is 12.8 Å². The normalized spacial score (nSPS) is 13.3. The Morgan fingerprint density at radius 1 is 1.02 bits per heavy atom. The highest BCUT2D eigenvalue weighted by atomic mass is 35.5. The third kappa shape index (κ3) is 6.30. The lowest BCUT2D eigenvalue weighted by Gasteiger charge is -2.22. The fourth-order valence-electron chi connectivity index (χ4n) is 4.25. The molecule has 1 fully saturated rings. The standard InChI is InChI=1S/C29H29ClN4O5S/c1-38-24-12-10-23(11-13-24)34-18-27(21-4-3-5-25(16-21)39-2)31-29(34)32-28(35)19-33(17-20-6-7-20)40(36,37)26-14-8-22(30)9-15-26/h3-5,8-16,18,20H,6-7,17,19H2,1-2H3,(H,31,32,35). The van der Waals surface area contributed by atoms with Crippen LogP contribution in [0.5, 0.6) is 11.5 Å². The summed E-state index contributed by atoms with van der Waals surface area (Å²) >= 11 is 5.96. The van der Waals surface area contributed by atoms with E-state index in [1.807, 2.05) is 48.5 Å². The number of imidazole rings is 1. The number of amides is 1. The molecule has 0 bridgehead atoms. The third-order valence-electron chi connectivity index (χ3n) is 6.60. The fourth-order valence-corrected chi connectivity index (χ4v) is 5.84. The molecule has 0 spiro atoms. The summed E-state index contributed by atoms with van der Waals surface area (Å²) in [7, 11) is -0.740. The highest BCUT2D eigenvalue weighted by molar-refractivity contribution is 7.89. The van der Waals surface area contributed by atoms with Crippen molar-refractivity contribution in [2.75, 3.05) is 32.6 Å². The lowest BCUT2D eigenvalue weighted by atomic mass is 10.1. The Labute approximate surface area is 238 Å². The lowest BCUT2D eigenvalue weighted by molar-refractivity contribution is -0.116. The van der Waals surface area contributed by atoms with Crippen molar-refractivity contribution in [3.8, 4) is 28.4 Å². The summed E-state index contributed by atoms with van der Waals surface area (Å²) < 4.78 is 40.5. The Hall–Kier alpha value is -3.86. The molecule has 1 saturated carbocycles. The molecule has 3 aromatic carbocycles. The van der Waals surface area contributed by atoms with Crippen molar-refractivity contribution < 1.29 is 22.7 Å². The van der Waals surface area contributed by atoms with Crippen LogP contribution in [0.4, 0.5) is 5.95 Å². The number of carbonyl (C=O) groups is 1. The van der Waals surface area contributed by atoms with Crippen LogP contribution in [-0.4, -0.2) is 55.5 Å². The highest BCUT2D eigenvalue weighted by Gasteiger charge is 2.33. The van der Waals surface area contributed by atoms with E-state index in [0.717, 1.165) is 24.1 Å². The number of ether oxygens (including phenoxy) is 2. The number of methoxy groups -OCH3 is 2. The van der Waals surface area contributed by atoms with Gasteiger partial charge in [-0.25, -0.2) is 13.4 Å². The van der Waals surface area contributed by atoms with Gasteiger partial charge in [0.2, 0.25) is 21.9 Å². The molecule has 0 saturated heterocycles. The molecule has 1 amide bonds. The smallest absolute Gasteiger partial charge is 0.243 e. The van der Waals surface area contributed by atoms with Gasteiger partial charge in [0.1, 0.15) is 11.5 Å². The van der Waals surface area contributed by atoms with E-state index < -0.39 is 15.9 Å². The Morgan fingerprint density at radius 3 is 2.38 bits per heavy atom. The van der Waals surface area contributed by atoms with Crippen LogP contribution in [-0.2, 0) is 14.8 Å². The summed E-state index contributed by atoms with van der Waals surface area (Å²) in [5.41, 5.74) is 2.14. The Kier molecular flexibility index (Phi) is 8.11. The topological polar surface area (TPSA) is 103 Å². The van der Waals surface area contributed by atoms with Crippen molar-refractivity contribution in [1.29, 1.82) is 0 Å². The number of anilines is 1. The van der Waals surface area contributed by atoms with Gasteiger partial charge in [-0.2, -0.15) is 4.31 Å². The maximum atomic E-state index is 13.5. The van der Waals surface area contributed by atoms with E-state index in [4.69, 9.17) is 21.1 Å². The van der Waals surface area contributed by atoms with Crippen molar-refractivity contribution in [1.82, 2.24) is 13.9 Å². The van der Waals surface area contributed by atoms with Gasteiger partial charge < -0.3 is 9.47 Å². The van der Waals surface area contributed by atoms with Gasteiger partial charge in [-0.3, -0.25) is 14.7 Å². The minimum Gasteiger partial charge on any atom is -0.497 e. The molecule has 0 radical (unpaired) electrons. The van der Waals surface area contributed by atoms with E-state index in [-0.39, 0.29) is 29.9 Å². The minimum atomic E-state index is -3.92. The summed E-state index contributed by atoms with van der Waals surface area (Å²) in [4.78, 5) is 18.1. The molecule has 40 heavy (non-hydrogen) atoms. The van der Waals surface area contributed by atoms with Crippen LogP contribution < -0.4 is 14.8 Å². The molecule has 4 aromatic rings. The summed E-state index contributed by atoms with van der Waals surface area (Å²) in [5.74, 6) is 1.34. The first-order chi connectivity index (χ1) is 19.3. The summed E-state index contributed by atoms with van der Waals surface area (Å²) in [6, 6.07) is 20.7. The SMILES string of the molecule is COc1ccc(-n2cc(-c3cccc(OC)c3)nc2NC(=O)CN(CC2CC2)S(=O)(=O)c2ccc(Cl)cc2)cc1. The Balaban J connectivity index is 1.45. The molecule has 1 aromatic heterocycles. The van der Waals surface area contributed by atoms with Gasteiger partial charge in [-0.15, -0.1) is 0 Å². The van der Waals surface area contributed by atoms with Crippen molar-refractivity contribution in [3.05, 3.63) is 84.0 Å². The Morgan fingerprint density at radius 2 is 1.73 bits per heavy atom. The zero-order valence-corrected chi connectivity index (χ0v) is 23.7. The molecule has 1 heterocycles. The van der Waals surface area contributed by atoms with Crippen LogP contribution in [0.2, 0.25) is 5.02 Å². The molecule has 1 aliphatic rings. The number of halogens is 1. The van der Waals surface area contributed by atoms with Gasteiger partial charge >= 0.3 is 0 Å². The number of carbonyl (C=O) groups excluding carboxylic acids is 1. The lowest BCUT2D eigenvalue weighted by Crippen LogP contribution is -2.39. The first-order valence-corrected chi connectivity index (χ1v) is 14.5. The first kappa shape index (κ1) is 27.7. The molecular formula is C29H29ClN4O5S. The van der Waals surface area contributed by atoms with E-state index in [9.17, 15) is 13.2 Å². The number of nitrogens with zero attached hydrogens (tertiary/aromatic N) is 3.